The maximum Gasteiger partial charge on any atom is 0.306 e. The molecule has 0 bridgehead atoms. The van der Waals surface area contributed by atoms with Gasteiger partial charge in [0, 0.05) is 19.3 Å². The Kier molecular flexibility index (Phi) is 59.7. The maximum absolute atomic E-state index is 12.8. The van der Waals surface area contributed by atoms with Crippen molar-refractivity contribution in [3.63, 3.8) is 0 Å². The zero-order valence-corrected chi connectivity index (χ0v) is 49.1. The number of rotatable bonds is 58. The molecule has 0 rings (SSSR count). The summed E-state index contributed by atoms with van der Waals surface area (Å²) in [5.41, 5.74) is 0. The van der Waals surface area contributed by atoms with Gasteiger partial charge in [0.05, 0.1) is 0 Å². The third-order valence-corrected chi connectivity index (χ3v) is 13.9. The standard InChI is InChI=1S/C68H120O6/c1-4-7-10-13-16-18-20-22-24-26-28-30-31-32-33-34-35-36-37-39-40-42-44-46-48-50-52-55-58-61-67(70)73-64-65(63-72-66(69)60-57-54-15-12-9-6-3)74-68(71)62-59-56-53-51-49-47-45-43-41-38-29-27-25-23-21-19-17-14-11-8-5-2/h7,10,16,18,21-24,27-30,65H,4-6,8-9,11-15,17,19-20,25-26,31-64H2,1-3H3/b10-7-,18-16-,23-21-,24-22-,29-27-,30-28-. The lowest BCUT2D eigenvalue weighted by Gasteiger charge is -2.18. The van der Waals surface area contributed by atoms with Gasteiger partial charge >= 0.3 is 17.9 Å². The quantitative estimate of drug-likeness (QED) is 0.0261. The van der Waals surface area contributed by atoms with Crippen molar-refractivity contribution < 1.29 is 28.6 Å². The van der Waals surface area contributed by atoms with Crippen molar-refractivity contribution in [3.05, 3.63) is 72.9 Å². The van der Waals surface area contributed by atoms with Crippen LogP contribution < -0.4 is 0 Å². The SMILES string of the molecule is CC/C=C\C/C=C\C/C=C\C/C=C\CCCCCCCCCCCCCCCCCCC(=O)OCC(COC(=O)CCCCCCCC)OC(=O)CCCCCCCCCCC/C=C\C/C=C\CCCCCCC. The molecule has 0 saturated carbocycles. The van der Waals surface area contributed by atoms with Crippen LogP contribution in [0.5, 0.6) is 0 Å². The smallest absolute Gasteiger partial charge is 0.306 e. The highest BCUT2D eigenvalue weighted by Gasteiger charge is 2.19. The summed E-state index contributed by atoms with van der Waals surface area (Å²) in [5.74, 6) is -0.874. The summed E-state index contributed by atoms with van der Waals surface area (Å²) in [6.07, 6.45) is 80.9. The van der Waals surface area contributed by atoms with E-state index >= 15 is 0 Å². The molecule has 0 N–H and O–H groups in total. The average molecular weight is 1030 g/mol. The number of carbonyl (C=O) groups is 3. The first-order valence-electron chi connectivity index (χ1n) is 31.9. The molecule has 0 aliphatic heterocycles. The van der Waals surface area contributed by atoms with Gasteiger partial charge in [0.15, 0.2) is 6.10 Å². The summed E-state index contributed by atoms with van der Waals surface area (Å²) in [5, 5.41) is 0. The van der Waals surface area contributed by atoms with Crippen LogP contribution >= 0.6 is 0 Å². The number of ether oxygens (including phenoxy) is 3. The zero-order valence-electron chi connectivity index (χ0n) is 49.1. The second-order valence-electron chi connectivity index (χ2n) is 21.3. The molecule has 0 heterocycles. The molecule has 1 atom stereocenters. The molecule has 1 unspecified atom stereocenters. The Bertz CT molecular complexity index is 1370. The predicted molar refractivity (Wildman–Crippen MR) is 321 cm³/mol. The molecule has 6 heteroatoms. The normalized spacial score (nSPS) is 12.5. The zero-order chi connectivity index (χ0) is 53.6. The van der Waals surface area contributed by atoms with Gasteiger partial charge < -0.3 is 14.2 Å². The highest BCUT2D eigenvalue weighted by Crippen LogP contribution is 2.17. The van der Waals surface area contributed by atoms with E-state index in [-0.39, 0.29) is 31.1 Å². The van der Waals surface area contributed by atoms with Crippen LogP contribution in [0.1, 0.15) is 323 Å². The van der Waals surface area contributed by atoms with Crippen molar-refractivity contribution in [2.45, 2.75) is 329 Å². The number of carbonyl (C=O) groups excluding carboxylic acids is 3. The second-order valence-corrected chi connectivity index (χ2v) is 21.3. The van der Waals surface area contributed by atoms with Crippen molar-refractivity contribution in [1.82, 2.24) is 0 Å². The average Bonchev–Trinajstić information content (AvgIpc) is 3.40. The second kappa shape index (κ2) is 62.4. The molecular weight excluding hydrogens is 913 g/mol. The van der Waals surface area contributed by atoms with Crippen molar-refractivity contribution in [3.8, 4) is 0 Å². The lowest BCUT2D eigenvalue weighted by atomic mass is 10.0. The number of esters is 3. The minimum atomic E-state index is -0.773. The number of unbranched alkanes of at least 4 members (excludes halogenated alkanes) is 35. The number of hydrogen-bond acceptors (Lipinski definition) is 6. The predicted octanol–water partition coefficient (Wildman–Crippen LogP) is 21.7. The molecule has 0 aromatic rings. The van der Waals surface area contributed by atoms with Crippen LogP contribution in [-0.2, 0) is 28.6 Å². The van der Waals surface area contributed by atoms with E-state index in [0.717, 1.165) is 89.9 Å². The van der Waals surface area contributed by atoms with E-state index in [9.17, 15) is 14.4 Å². The monoisotopic (exact) mass is 1030 g/mol. The van der Waals surface area contributed by atoms with Gasteiger partial charge in [0.25, 0.3) is 0 Å². The Morgan fingerprint density at radius 1 is 0.284 bits per heavy atom. The van der Waals surface area contributed by atoms with Crippen LogP contribution in [-0.4, -0.2) is 37.2 Å². The topological polar surface area (TPSA) is 78.9 Å². The van der Waals surface area contributed by atoms with Crippen LogP contribution in [0, 0.1) is 0 Å². The summed E-state index contributed by atoms with van der Waals surface area (Å²) in [4.78, 5) is 38.0. The van der Waals surface area contributed by atoms with Gasteiger partial charge in [0.2, 0.25) is 0 Å². The van der Waals surface area contributed by atoms with E-state index in [1.54, 1.807) is 0 Å². The van der Waals surface area contributed by atoms with Crippen LogP contribution in [0.3, 0.4) is 0 Å². The van der Waals surface area contributed by atoms with Gasteiger partial charge in [-0.15, -0.1) is 0 Å². The van der Waals surface area contributed by atoms with Crippen molar-refractivity contribution in [1.29, 1.82) is 0 Å². The first-order chi connectivity index (χ1) is 36.5. The largest absolute Gasteiger partial charge is 0.462 e. The summed E-state index contributed by atoms with van der Waals surface area (Å²) >= 11 is 0. The Morgan fingerprint density at radius 3 is 0.824 bits per heavy atom. The van der Waals surface area contributed by atoms with Crippen LogP contribution in [0.2, 0.25) is 0 Å². The molecule has 0 aromatic heterocycles. The summed E-state index contributed by atoms with van der Waals surface area (Å²) in [6.45, 7) is 6.49. The first-order valence-corrected chi connectivity index (χ1v) is 31.9. The van der Waals surface area contributed by atoms with Gasteiger partial charge in [-0.05, 0) is 89.9 Å². The molecule has 428 valence electrons. The Morgan fingerprint density at radius 2 is 0.527 bits per heavy atom. The third kappa shape index (κ3) is 59.7. The molecule has 0 fully saturated rings. The van der Waals surface area contributed by atoms with E-state index in [1.165, 1.54) is 193 Å². The molecule has 0 aliphatic rings. The van der Waals surface area contributed by atoms with E-state index in [0.29, 0.717) is 19.3 Å². The Labute approximate surface area is 459 Å². The van der Waals surface area contributed by atoms with Crippen LogP contribution in [0.15, 0.2) is 72.9 Å². The van der Waals surface area contributed by atoms with Gasteiger partial charge in [-0.1, -0.05) is 286 Å². The molecule has 74 heavy (non-hydrogen) atoms. The Balaban J connectivity index is 4.05. The van der Waals surface area contributed by atoms with E-state index in [4.69, 9.17) is 14.2 Å². The molecule has 0 aromatic carbocycles. The number of hydrogen-bond donors (Lipinski definition) is 0. The van der Waals surface area contributed by atoms with E-state index < -0.39 is 6.10 Å². The van der Waals surface area contributed by atoms with Gasteiger partial charge in [0.1, 0.15) is 13.2 Å². The van der Waals surface area contributed by atoms with Gasteiger partial charge in [-0.3, -0.25) is 14.4 Å². The molecule has 0 spiro atoms. The molecule has 0 amide bonds. The summed E-state index contributed by atoms with van der Waals surface area (Å²) < 4.78 is 16.8. The van der Waals surface area contributed by atoms with Crippen molar-refractivity contribution in [2.24, 2.45) is 0 Å². The molecule has 0 saturated heterocycles. The lowest BCUT2D eigenvalue weighted by Crippen LogP contribution is -2.30. The van der Waals surface area contributed by atoms with E-state index in [2.05, 4.69) is 93.7 Å². The van der Waals surface area contributed by atoms with Crippen LogP contribution in [0.4, 0.5) is 0 Å². The van der Waals surface area contributed by atoms with E-state index in [1.807, 2.05) is 0 Å². The number of allylic oxidation sites excluding steroid dienone is 12. The van der Waals surface area contributed by atoms with Crippen molar-refractivity contribution >= 4 is 17.9 Å². The minimum Gasteiger partial charge on any atom is -0.462 e. The van der Waals surface area contributed by atoms with Gasteiger partial charge in [-0.2, -0.15) is 0 Å². The molecular formula is C68H120O6. The molecule has 0 radical (unpaired) electrons. The Hall–Kier alpha value is -3.15. The van der Waals surface area contributed by atoms with Crippen LogP contribution in [0.25, 0.3) is 0 Å². The fourth-order valence-corrected chi connectivity index (χ4v) is 9.17. The highest BCUT2D eigenvalue weighted by molar-refractivity contribution is 5.71. The highest BCUT2D eigenvalue weighted by atomic mass is 16.6. The van der Waals surface area contributed by atoms with Gasteiger partial charge in [-0.25, -0.2) is 0 Å². The summed E-state index contributed by atoms with van der Waals surface area (Å²) in [7, 11) is 0. The lowest BCUT2D eigenvalue weighted by molar-refractivity contribution is -0.167. The first kappa shape index (κ1) is 70.8. The molecule has 6 nitrogen and oxygen atoms in total. The third-order valence-electron chi connectivity index (χ3n) is 13.9. The maximum atomic E-state index is 12.8. The fraction of sp³-hybridized carbons (Fsp3) is 0.779. The summed E-state index contributed by atoms with van der Waals surface area (Å²) in [6, 6.07) is 0. The minimum absolute atomic E-state index is 0.0738. The molecule has 0 aliphatic carbocycles. The fourth-order valence-electron chi connectivity index (χ4n) is 9.17. The van der Waals surface area contributed by atoms with Crippen molar-refractivity contribution in [2.75, 3.05) is 13.2 Å².